The van der Waals surface area contributed by atoms with Gasteiger partial charge in [-0.15, -0.1) is 0 Å². The summed E-state index contributed by atoms with van der Waals surface area (Å²) in [5, 5.41) is 4.30. The molecule has 1 aromatic heterocycles. The largest absolute Gasteiger partial charge is 0.497 e. The maximum atomic E-state index is 5.55. The minimum atomic E-state index is 0.735. The van der Waals surface area contributed by atoms with Gasteiger partial charge < -0.3 is 14.2 Å². The molecule has 1 N–H and O–H groups in total. The second kappa shape index (κ2) is 7.11. The molecule has 0 amide bonds. The van der Waals surface area contributed by atoms with Crippen LogP contribution < -0.4 is 9.64 Å². The number of methoxy groups -OCH3 is 1. The second-order valence-corrected chi connectivity index (χ2v) is 6.68. The molecule has 128 valence electrons. The molecule has 1 heterocycles. The molecule has 4 heteroatoms. The Morgan fingerprint density at radius 1 is 1.04 bits per heavy atom. The van der Waals surface area contributed by atoms with Crippen LogP contribution in [0.15, 0.2) is 65.2 Å². The standard InChI is InChI=1S/C21H22N2O2/c1-24-20-11-7-16(8-12-20)14-23(19-9-10-19)15-18-13-21(25-22-18)17-5-3-2-4-6-17/h2-8,11-13,19H,9-10,14-15H2,1H3/p+1. The number of ether oxygens (including phenoxy) is 1. The van der Waals surface area contributed by atoms with E-state index in [1.165, 1.54) is 18.4 Å². The van der Waals surface area contributed by atoms with E-state index in [4.69, 9.17) is 9.26 Å². The fourth-order valence-corrected chi connectivity index (χ4v) is 3.21. The van der Waals surface area contributed by atoms with E-state index in [0.29, 0.717) is 0 Å². The summed E-state index contributed by atoms with van der Waals surface area (Å²) in [6, 6.07) is 21.3. The van der Waals surface area contributed by atoms with Crippen molar-refractivity contribution in [2.75, 3.05) is 7.11 Å². The van der Waals surface area contributed by atoms with Gasteiger partial charge in [-0.2, -0.15) is 0 Å². The number of rotatable bonds is 7. The SMILES string of the molecule is COc1ccc(C[NH+](Cc2cc(-c3ccccc3)on2)C2CC2)cc1. The Balaban J connectivity index is 1.46. The van der Waals surface area contributed by atoms with E-state index in [1.807, 2.05) is 42.5 Å². The average molecular weight is 335 g/mol. The molecular formula is C21H23N2O2+. The Bertz CT molecular complexity index is 807. The molecule has 1 atom stereocenters. The van der Waals surface area contributed by atoms with Gasteiger partial charge in [-0.25, -0.2) is 0 Å². The highest BCUT2D eigenvalue weighted by Gasteiger charge is 2.34. The van der Waals surface area contributed by atoms with Gasteiger partial charge in [0, 0.05) is 30.0 Å². The van der Waals surface area contributed by atoms with Crippen molar-refractivity contribution < 1.29 is 14.2 Å². The Kier molecular flexibility index (Phi) is 4.53. The minimum Gasteiger partial charge on any atom is -0.497 e. The quantitative estimate of drug-likeness (QED) is 0.721. The number of benzene rings is 2. The van der Waals surface area contributed by atoms with Crippen LogP contribution in [0.3, 0.4) is 0 Å². The van der Waals surface area contributed by atoms with Crippen LogP contribution in [0.4, 0.5) is 0 Å². The lowest BCUT2D eigenvalue weighted by molar-refractivity contribution is -0.938. The summed E-state index contributed by atoms with van der Waals surface area (Å²) >= 11 is 0. The van der Waals surface area contributed by atoms with E-state index in [2.05, 4.69) is 23.4 Å². The lowest BCUT2D eigenvalue weighted by atomic mass is 10.1. The highest BCUT2D eigenvalue weighted by Crippen LogP contribution is 2.21. The van der Waals surface area contributed by atoms with Crippen LogP contribution in [-0.4, -0.2) is 18.3 Å². The highest BCUT2D eigenvalue weighted by molar-refractivity contribution is 5.56. The minimum absolute atomic E-state index is 0.735. The summed E-state index contributed by atoms with van der Waals surface area (Å²) in [6.45, 7) is 1.90. The van der Waals surface area contributed by atoms with Crippen LogP contribution in [0.5, 0.6) is 5.75 Å². The molecule has 0 saturated heterocycles. The van der Waals surface area contributed by atoms with E-state index < -0.39 is 0 Å². The van der Waals surface area contributed by atoms with Crippen molar-refractivity contribution in [3.05, 3.63) is 71.9 Å². The van der Waals surface area contributed by atoms with E-state index in [-0.39, 0.29) is 0 Å². The summed E-state index contributed by atoms with van der Waals surface area (Å²) in [6.07, 6.45) is 2.60. The van der Waals surface area contributed by atoms with Crippen molar-refractivity contribution >= 4 is 0 Å². The van der Waals surface area contributed by atoms with Crippen LogP contribution in [0.25, 0.3) is 11.3 Å². The summed E-state index contributed by atoms with van der Waals surface area (Å²) < 4.78 is 10.8. The van der Waals surface area contributed by atoms with Crippen LogP contribution in [0.2, 0.25) is 0 Å². The van der Waals surface area contributed by atoms with Crippen LogP contribution >= 0.6 is 0 Å². The fourth-order valence-electron chi connectivity index (χ4n) is 3.21. The average Bonchev–Trinajstić information content (AvgIpc) is 3.41. The predicted octanol–water partition coefficient (Wildman–Crippen LogP) is 3.10. The van der Waals surface area contributed by atoms with Gasteiger partial charge in [-0.05, 0) is 24.3 Å². The first-order valence-corrected chi connectivity index (χ1v) is 8.80. The fraction of sp³-hybridized carbons (Fsp3) is 0.286. The van der Waals surface area contributed by atoms with Crippen molar-refractivity contribution in [1.29, 1.82) is 0 Å². The third-order valence-corrected chi connectivity index (χ3v) is 4.77. The first kappa shape index (κ1) is 15.9. The zero-order valence-electron chi connectivity index (χ0n) is 14.4. The highest BCUT2D eigenvalue weighted by atomic mass is 16.5. The smallest absolute Gasteiger partial charge is 0.167 e. The second-order valence-electron chi connectivity index (χ2n) is 6.68. The first-order chi connectivity index (χ1) is 12.3. The molecule has 25 heavy (non-hydrogen) atoms. The molecule has 4 nitrogen and oxygen atoms in total. The molecule has 1 aliphatic carbocycles. The van der Waals surface area contributed by atoms with Gasteiger partial charge in [0.15, 0.2) is 5.76 Å². The molecule has 0 bridgehead atoms. The van der Waals surface area contributed by atoms with Gasteiger partial charge in [0.1, 0.15) is 24.5 Å². The molecule has 2 aromatic carbocycles. The van der Waals surface area contributed by atoms with Crippen LogP contribution in [0, 0.1) is 0 Å². The first-order valence-electron chi connectivity index (χ1n) is 8.80. The van der Waals surface area contributed by atoms with Gasteiger partial charge >= 0.3 is 0 Å². The van der Waals surface area contributed by atoms with Crippen molar-refractivity contribution in [1.82, 2.24) is 5.16 Å². The molecule has 4 rings (SSSR count). The molecule has 1 aliphatic rings. The molecule has 0 spiro atoms. The van der Waals surface area contributed by atoms with E-state index in [1.54, 1.807) is 12.0 Å². The number of hydrogen-bond acceptors (Lipinski definition) is 3. The van der Waals surface area contributed by atoms with Crippen LogP contribution in [0.1, 0.15) is 24.1 Å². The zero-order chi connectivity index (χ0) is 17.1. The lowest BCUT2D eigenvalue weighted by Crippen LogP contribution is -3.10. The number of quaternary nitrogens is 1. The summed E-state index contributed by atoms with van der Waals surface area (Å²) in [4.78, 5) is 1.55. The van der Waals surface area contributed by atoms with Crippen LogP contribution in [-0.2, 0) is 13.1 Å². The topological polar surface area (TPSA) is 39.7 Å². The number of aromatic nitrogens is 1. The van der Waals surface area contributed by atoms with Crippen molar-refractivity contribution in [3.8, 4) is 17.1 Å². The molecule has 1 saturated carbocycles. The van der Waals surface area contributed by atoms with Crippen molar-refractivity contribution in [3.63, 3.8) is 0 Å². The maximum absolute atomic E-state index is 5.55. The Morgan fingerprint density at radius 3 is 2.48 bits per heavy atom. The third kappa shape index (κ3) is 3.91. The Morgan fingerprint density at radius 2 is 1.80 bits per heavy atom. The Hall–Kier alpha value is -2.59. The van der Waals surface area contributed by atoms with Gasteiger partial charge in [0.05, 0.1) is 13.2 Å². The van der Waals surface area contributed by atoms with Gasteiger partial charge in [0.25, 0.3) is 0 Å². The molecular weight excluding hydrogens is 312 g/mol. The van der Waals surface area contributed by atoms with Gasteiger partial charge in [-0.1, -0.05) is 35.5 Å². The molecule has 0 aliphatic heterocycles. The molecule has 1 fully saturated rings. The molecule has 1 unspecified atom stereocenters. The maximum Gasteiger partial charge on any atom is 0.167 e. The lowest BCUT2D eigenvalue weighted by Gasteiger charge is -2.18. The number of hydrogen-bond donors (Lipinski definition) is 1. The molecule has 0 radical (unpaired) electrons. The zero-order valence-corrected chi connectivity index (χ0v) is 14.4. The third-order valence-electron chi connectivity index (χ3n) is 4.77. The van der Waals surface area contributed by atoms with Gasteiger partial charge in [0.2, 0.25) is 0 Å². The Labute approximate surface area is 148 Å². The molecule has 3 aromatic rings. The van der Waals surface area contributed by atoms with Gasteiger partial charge in [-0.3, -0.25) is 0 Å². The van der Waals surface area contributed by atoms with Crippen molar-refractivity contribution in [2.45, 2.75) is 32.0 Å². The number of nitrogens with zero attached hydrogens (tertiary/aromatic N) is 1. The van der Waals surface area contributed by atoms with E-state index in [9.17, 15) is 0 Å². The van der Waals surface area contributed by atoms with E-state index >= 15 is 0 Å². The normalized spacial score (nSPS) is 15.1. The summed E-state index contributed by atoms with van der Waals surface area (Å²) in [7, 11) is 1.70. The predicted molar refractivity (Wildman–Crippen MR) is 96.3 cm³/mol. The van der Waals surface area contributed by atoms with Crippen molar-refractivity contribution in [2.24, 2.45) is 0 Å². The summed E-state index contributed by atoms with van der Waals surface area (Å²) in [5.74, 6) is 1.75. The number of nitrogens with one attached hydrogen (secondary N) is 1. The summed E-state index contributed by atoms with van der Waals surface area (Å²) in [5.41, 5.74) is 3.42. The van der Waals surface area contributed by atoms with E-state index in [0.717, 1.165) is 41.9 Å². The monoisotopic (exact) mass is 335 g/mol.